The maximum absolute atomic E-state index is 13.0. The van der Waals surface area contributed by atoms with Crippen molar-refractivity contribution in [3.63, 3.8) is 0 Å². The molecule has 3 atom stereocenters. The first-order valence-corrected chi connectivity index (χ1v) is 32.7. The molecule has 8 nitrogen and oxygen atoms in total. The van der Waals surface area contributed by atoms with Crippen LogP contribution < -0.4 is 5.32 Å². The molecule has 0 aliphatic carbocycles. The number of amides is 1. The van der Waals surface area contributed by atoms with Crippen LogP contribution in [0.5, 0.6) is 0 Å². The largest absolute Gasteiger partial charge is 0.472 e. The molecular weight excluding hydrogens is 924 g/mol. The summed E-state index contributed by atoms with van der Waals surface area (Å²) < 4.78 is 23.7. The number of phosphoric acid groups is 1. The second-order valence-corrected chi connectivity index (χ2v) is 23.9. The number of nitrogens with zero attached hydrogens (tertiary/aromatic N) is 1. The second kappa shape index (κ2) is 55.0. The summed E-state index contributed by atoms with van der Waals surface area (Å²) >= 11 is 0. The van der Waals surface area contributed by atoms with E-state index in [0.717, 1.165) is 51.4 Å². The number of quaternary nitrogens is 1. The van der Waals surface area contributed by atoms with E-state index in [4.69, 9.17) is 9.05 Å². The van der Waals surface area contributed by atoms with Crippen molar-refractivity contribution in [2.45, 2.75) is 302 Å². The number of hydrogen-bond acceptors (Lipinski definition) is 5. The van der Waals surface area contributed by atoms with E-state index in [9.17, 15) is 19.4 Å². The zero-order valence-corrected chi connectivity index (χ0v) is 49.8. The molecular formula is C64H122N2O6P+. The molecule has 0 aromatic carbocycles. The number of hydrogen-bond donors (Lipinski definition) is 3. The number of nitrogens with one attached hydrogen (secondary N) is 1. The van der Waals surface area contributed by atoms with Crippen LogP contribution >= 0.6 is 7.82 Å². The lowest BCUT2D eigenvalue weighted by Crippen LogP contribution is -2.45. The Bertz CT molecular complexity index is 1370. The Morgan fingerprint density at radius 3 is 1.18 bits per heavy atom. The van der Waals surface area contributed by atoms with E-state index >= 15 is 0 Å². The van der Waals surface area contributed by atoms with Gasteiger partial charge in [0.15, 0.2) is 0 Å². The summed E-state index contributed by atoms with van der Waals surface area (Å²) in [4.78, 5) is 23.3. The molecule has 1 amide bonds. The average Bonchev–Trinajstić information content (AvgIpc) is 3.35. The molecule has 0 aromatic rings. The summed E-state index contributed by atoms with van der Waals surface area (Å²) in [7, 11) is 1.55. The highest BCUT2D eigenvalue weighted by molar-refractivity contribution is 7.47. The molecule has 0 fully saturated rings. The number of aliphatic hydroxyl groups excluding tert-OH is 1. The van der Waals surface area contributed by atoms with Crippen LogP contribution in [0, 0.1) is 0 Å². The van der Waals surface area contributed by atoms with Gasteiger partial charge in [0.05, 0.1) is 39.9 Å². The number of carbonyl (C=O) groups excluding carboxylic acids is 1. The van der Waals surface area contributed by atoms with Gasteiger partial charge < -0.3 is 19.8 Å². The van der Waals surface area contributed by atoms with Crippen LogP contribution in [-0.2, 0) is 18.4 Å². The van der Waals surface area contributed by atoms with Crippen LogP contribution in [0.1, 0.15) is 290 Å². The summed E-state index contributed by atoms with van der Waals surface area (Å²) in [6.07, 6.45) is 74.9. The van der Waals surface area contributed by atoms with E-state index < -0.39 is 20.0 Å². The van der Waals surface area contributed by atoms with Crippen molar-refractivity contribution < 1.29 is 32.9 Å². The van der Waals surface area contributed by atoms with Crippen LogP contribution in [0.15, 0.2) is 60.8 Å². The van der Waals surface area contributed by atoms with Crippen molar-refractivity contribution in [3.8, 4) is 0 Å². The van der Waals surface area contributed by atoms with Gasteiger partial charge in [-0.2, -0.15) is 0 Å². The lowest BCUT2D eigenvalue weighted by atomic mass is 10.0. The Hall–Kier alpha value is -1.80. The molecule has 0 heterocycles. The topological polar surface area (TPSA) is 105 Å². The number of unbranched alkanes of at least 4 members (excludes halogenated alkanes) is 36. The third kappa shape index (κ3) is 57.7. The second-order valence-electron chi connectivity index (χ2n) is 22.4. The Morgan fingerprint density at radius 1 is 0.466 bits per heavy atom. The van der Waals surface area contributed by atoms with E-state index in [2.05, 4.69) is 67.8 Å². The normalized spacial score (nSPS) is 14.2. The molecule has 0 saturated carbocycles. The van der Waals surface area contributed by atoms with Crippen molar-refractivity contribution in [3.05, 3.63) is 60.8 Å². The molecule has 0 aliphatic heterocycles. The number of allylic oxidation sites excluding steroid dienone is 9. The molecule has 0 rings (SSSR count). The molecule has 0 aromatic heterocycles. The lowest BCUT2D eigenvalue weighted by molar-refractivity contribution is -0.870. The average molecular weight is 1050 g/mol. The smallest absolute Gasteiger partial charge is 0.387 e. The van der Waals surface area contributed by atoms with Crippen LogP contribution in [0.2, 0.25) is 0 Å². The maximum Gasteiger partial charge on any atom is 0.472 e. The predicted molar refractivity (Wildman–Crippen MR) is 318 cm³/mol. The monoisotopic (exact) mass is 1050 g/mol. The fourth-order valence-corrected chi connectivity index (χ4v) is 9.78. The van der Waals surface area contributed by atoms with Gasteiger partial charge in [-0.3, -0.25) is 13.8 Å². The fraction of sp³-hybridized carbons (Fsp3) is 0.828. The van der Waals surface area contributed by atoms with Gasteiger partial charge in [-0.1, -0.05) is 267 Å². The highest BCUT2D eigenvalue weighted by Crippen LogP contribution is 2.43. The van der Waals surface area contributed by atoms with Gasteiger partial charge in [-0.15, -0.1) is 0 Å². The summed E-state index contributed by atoms with van der Waals surface area (Å²) in [5.74, 6) is -0.189. The highest BCUT2D eigenvalue weighted by Gasteiger charge is 2.27. The van der Waals surface area contributed by atoms with E-state index in [0.29, 0.717) is 17.4 Å². The third-order valence-electron chi connectivity index (χ3n) is 13.9. The predicted octanol–water partition coefficient (Wildman–Crippen LogP) is 19.3. The summed E-state index contributed by atoms with van der Waals surface area (Å²) in [5.41, 5.74) is 0. The molecule has 73 heavy (non-hydrogen) atoms. The van der Waals surface area contributed by atoms with Crippen molar-refractivity contribution in [1.82, 2.24) is 5.32 Å². The first-order chi connectivity index (χ1) is 35.5. The summed E-state index contributed by atoms with van der Waals surface area (Å²) in [6, 6.07) is -0.871. The quantitative estimate of drug-likeness (QED) is 0.0243. The van der Waals surface area contributed by atoms with Gasteiger partial charge in [-0.05, 0) is 77.0 Å². The SMILES string of the molecule is CCCCCCCCCC/C=C/CC/C=C/CC/C=C/C(O)C(COP(=O)(O)OCC[N+](C)(C)C)NC(=O)CCCCCCCCCCCCCCCCCCC/C=C\C/C=C\CCCCCCCCCCC. The van der Waals surface area contributed by atoms with Crippen LogP contribution in [-0.4, -0.2) is 73.4 Å². The van der Waals surface area contributed by atoms with E-state index in [1.54, 1.807) is 6.08 Å². The molecule has 0 aliphatic rings. The Kier molecular flexibility index (Phi) is 53.6. The number of rotatable bonds is 57. The highest BCUT2D eigenvalue weighted by atomic mass is 31.2. The molecule has 0 spiro atoms. The maximum atomic E-state index is 13.0. The van der Waals surface area contributed by atoms with Crippen molar-refractivity contribution in [2.24, 2.45) is 0 Å². The fourth-order valence-electron chi connectivity index (χ4n) is 9.05. The molecule has 9 heteroatoms. The van der Waals surface area contributed by atoms with E-state index in [1.165, 1.54) is 218 Å². The minimum Gasteiger partial charge on any atom is -0.387 e. The summed E-state index contributed by atoms with van der Waals surface area (Å²) in [5, 5.41) is 13.9. The zero-order valence-electron chi connectivity index (χ0n) is 48.9. The van der Waals surface area contributed by atoms with E-state index in [1.807, 2.05) is 27.2 Å². The van der Waals surface area contributed by atoms with Crippen LogP contribution in [0.4, 0.5) is 0 Å². The first-order valence-electron chi connectivity index (χ1n) is 31.2. The minimum atomic E-state index is -4.36. The van der Waals surface area contributed by atoms with Gasteiger partial charge in [0.25, 0.3) is 0 Å². The molecule has 428 valence electrons. The molecule has 0 saturated heterocycles. The first kappa shape index (κ1) is 71.2. The number of likely N-dealkylation sites (N-methyl/N-ethyl adjacent to an activating group) is 1. The number of aliphatic hydroxyl groups is 1. The van der Waals surface area contributed by atoms with Crippen molar-refractivity contribution in [2.75, 3.05) is 40.9 Å². The Balaban J connectivity index is 4.10. The molecule has 3 N–H and O–H groups in total. The van der Waals surface area contributed by atoms with Gasteiger partial charge in [0.2, 0.25) is 5.91 Å². The number of phosphoric ester groups is 1. The number of carbonyl (C=O) groups is 1. The molecule has 3 unspecified atom stereocenters. The Morgan fingerprint density at radius 2 is 0.795 bits per heavy atom. The van der Waals surface area contributed by atoms with Gasteiger partial charge in [0.1, 0.15) is 13.2 Å². The van der Waals surface area contributed by atoms with E-state index in [-0.39, 0.29) is 19.1 Å². The van der Waals surface area contributed by atoms with Gasteiger partial charge >= 0.3 is 7.82 Å². The molecule has 0 radical (unpaired) electrons. The van der Waals surface area contributed by atoms with Crippen molar-refractivity contribution >= 4 is 13.7 Å². The Labute approximate surface area is 453 Å². The lowest BCUT2D eigenvalue weighted by Gasteiger charge is -2.25. The zero-order chi connectivity index (χ0) is 53.5. The standard InChI is InChI=1S/C64H121N2O6P/c1-6-8-10-12-14-16-18-20-22-24-26-27-28-29-30-31-32-33-34-35-36-37-38-39-40-42-44-46-48-50-52-54-56-58-64(68)65-62(61-72-73(69,70)71-60-59-66(3,4)5)63(67)57-55-53-51-49-47-45-43-41-25-23-21-19-17-15-13-11-9-7-2/h25-27,29-30,41,47,49,55,57,62-63,67H,6-24,28,31-40,42-46,48,50-54,56,58-61H2,1-5H3,(H-,65,68,69,70)/p+1/b27-26-,30-29-,41-25+,49-47+,57-55+. The summed E-state index contributed by atoms with van der Waals surface area (Å²) in [6.45, 7) is 4.80. The molecule has 0 bridgehead atoms. The van der Waals surface area contributed by atoms with Crippen LogP contribution in [0.25, 0.3) is 0 Å². The van der Waals surface area contributed by atoms with Crippen LogP contribution in [0.3, 0.4) is 0 Å². The van der Waals surface area contributed by atoms with Gasteiger partial charge in [-0.25, -0.2) is 4.57 Å². The van der Waals surface area contributed by atoms with Crippen molar-refractivity contribution in [1.29, 1.82) is 0 Å². The van der Waals surface area contributed by atoms with Gasteiger partial charge in [0, 0.05) is 6.42 Å². The third-order valence-corrected chi connectivity index (χ3v) is 14.9. The minimum absolute atomic E-state index is 0.0529.